The number of imidazole rings is 1. The molecule has 4 rings (SSSR count). The largest absolute Gasteiger partial charge is 0.497 e. The van der Waals surface area contributed by atoms with Crippen LogP contribution in [-0.2, 0) is 13.2 Å². The molecule has 6 heteroatoms. The summed E-state index contributed by atoms with van der Waals surface area (Å²) in [5.41, 5.74) is 4.62. The summed E-state index contributed by atoms with van der Waals surface area (Å²) in [6.45, 7) is 0.666. The Morgan fingerprint density at radius 3 is 2.67 bits per heavy atom. The summed E-state index contributed by atoms with van der Waals surface area (Å²) < 4.78 is 7.00. The van der Waals surface area contributed by atoms with Gasteiger partial charge in [0.25, 0.3) is 0 Å². The summed E-state index contributed by atoms with van der Waals surface area (Å²) in [4.78, 5) is 4.43. The van der Waals surface area contributed by atoms with Crippen LogP contribution in [0, 0.1) is 0 Å². The molecule has 4 aromatic rings. The zero-order valence-corrected chi connectivity index (χ0v) is 15.0. The zero-order valence-electron chi connectivity index (χ0n) is 15.0. The van der Waals surface area contributed by atoms with E-state index in [9.17, 15) is 5.11 Å². The Labute approximate surface area is 157 Å². The van der Waals surface area contributed by atoms with Gasteiger partial charge in [-0.3, -0.25) is 0 Å². The van der Waals surface area contributed by atoms with Gasteiger partial charge in [0.2, 0.25) is 0 Å². The maximum atomic E-state index is 9.37. The predicted molar refractivity (Wildman–Crippen MR) is 105 cm³/mol. The van der Waals surface area contributed by atoms with Crippen molar-refractivity contribution in [1.82, 2.24) is 14.6 Å². The molecule has 2 N–H and O–H groups in total. The number of benzene rings is 2. The third kappa shape index (κ3) is 3.61. The lowest BCUT2D eigenvalue weighted by atomic mass is 10.1. The number of hydrogen-bond donors (Lipinski definition) is 2. The van der Waals surface area contributed by atoms with E-state index < -0.39 is 0 Å². The molecule has 0 aliphatic carbocycles. The molecule has 2 aromatic carbocycles. The average Bonchev–Trinajstić information content (AvgIpc) is 3.16. The van der Waals surface area contributed by atoms with E-state index in [4.69, 9.17) is 4.74 Å². The van der Waals surface area contributed by atoms with Gasteiger partial charge in [0.1, 0.15) is 11.6 Å². The summed E-state index contributed by atoms with van der Waals surface area (Å²) in [5.74, 6) is 1.60. The Balaban J connectivity index is 1.59. The second-order valence-electron chi connectivity index (χ2n) is 6.19. The number of aliphatic hydroxyl groups is 1. The first-order valence-corrected chi connectivity index (χ1v) is 8.68. The van der Waals surface area contributed by atoms with E-state index in [1.54, 1.807) is 13.3 Å². The molecule has 0 aliphatic rings. The Morgan fingerprint density at radius 1 is 1.04 bits per heavy atom. The molecule has 6 nitrogen and oxygen atoms in total. The summed E-state index contributed by atoms with van der Waals surface area (Å²) in [7, 11) is 1.66. The minimum absolute atomic E-state index is 0.00662. The number of aliphatic hydroxyl groups excluding tert-OH is 1. The molecular formula is C21H20N4O2. The van der Waals surface area contributed by atoms with Crippen molar-refractivity contribution >= 4 is 11.5 Å². The molecule has 136 valence electrons. The second-order valence-corrected chi connectivity index (χ2v) is 6.19. The number of aromatic nitrogens is 3. The highest BCUT2D eigenvalue weighted by Gasteiger charge is 2.09. The maximum Gasteiger partial charge on any atom is 0.154 e. The molecule has 0 bridgehead atoms. The van der Waals surface area contributed by atoms with Gasteiger partial charge in [-0.1, -0.05) is 30.3 Å². The molecule has 2 aromatic heterocycles. The lowest BCUT2D eigenvalue weighted by molar-refractivity contribution is 0.282. The standard InChI is InChI=1S/C21H20N4O2/c1-27-18-7-5-15(6-8-18)12-22-20-9-10-21-23-13-19(25(21)24-20)17-4-2-3-16(11-17)14-26/h2-11,13,26H,12,14H2,1H3,(H,22,24). The van der Waals surface area contributed by atoms with E-state index in [2.05, 4.69) is 15.4 Å². The molecule has 0 spiro atoms. The summed E-state index contributed by atoms with van der Waals surface area (Å²) in [6.07, 6.45) is 1.80. The van der Waals surface area contributed by atoms with Crippen LogP contribution in [0.15, 0.2) is 66.9 Å². The van der Waals surface area contributed by atoms with Gasteiger partial charge in [0, 0.05) is 12.1 Å². The third-order valence-corrected chi connectivity index (χ3v) is 4.40. The van der Waals surface area contributed by atoms with Gasteiger partial charge in [0.15, 0.2) is 5.65 Å². The zero-order chi connectivity index (χ0) is 18.6. The van der Waals surface area contributed by atoms with Crippen molar-refractivity contribution in [3.05, 3.63) is 78.0 Å². The first-order valence-electron chi connectivity index (χ1n) is 8.68. The molecule has 0 radical (unpaired) electrons. The molecule has 0 saturated carbocycles. The van der Waals surface area contributed by atoms with E-state index >= 15 is 0 Å². The first-order chi connectivity index (χ1) is 13.3. The van der Waals surface area contributed by atoms with Gasteiger partial charge in [-0.2, -0.15) is 0 Å². The van der Waals surface area contributed by atoms with E-state index in [-0.39, 0.29) is 6.61 Å². The molecule has 0 saturated heterocycles. The van der Waals surface area contributed by atoms with Crippen LogP contribution >= 0.6 is 0 Å². The van der Waals surface area contributed by atoms with E-state index in [1.165, 1.54) is 0 Å². The van der Waals surface area contributed by atoms with E-state index in [0.29, 0.717) is 6.54 Å². The van der Waals surface area contributed by atoms with Crippen LogP contribution in [0.4, 0.5) is 5.82 Å². The highest BCUT2D eigenvalue weighted by atomic mass is 16.5. The normalized spacial score (nSPS) is 10.9. The fourth-order valence-electron chi connectivity index (χ4n) is 2.93. The third-order valence-electron chi connectivity index (χ3n) is 4.40. The Morgan fingerprint density at radius 2 is 1.89 bits per heavy atom. The summed E-state index contributed by atoms with van der Waals surface area (Å²) >= 11 is 0. The fourth-order valence-corrected chi connectivity index (χ4v) is 2.93. The quantitative estimate of drug-likeness (QED) is 0.551. The number of hydrogen-bond acceptors (Lipinski definition) is 5. The number of nitrogens with one attached hydrogen (secondary N) is 1. The van der Waals surface area contributed by atoms with Gasteiger partial charge in [-0.15, -0.1) is 5.10 Å². The van der Waals surface area contributed by atoms with Crippen LogP contribution in [0.1, 0.15) is 11.1 Å². The molecule has 0 amide bonds. The van der Waals surface area contributed by atoms with Gasteiger partial charge in [-0.05, 0) is 41.5 Å². The SMILES string of the molecule is COc1ccc(CNc2ccc3ncc(-c4cccc(CO)c4)n3n2)cc1. The lowest BCUT2D eigenvalue weighted by Gasteiger charge is -2.08. The predicted octanol–water partition coefficient (Wildman–Crippen LogP) is 3.51. The van der Waals surface area contributed by atoms with Crippen LogP contribution in [0.2, 0.25) is 0 Å². The molecule has 27 heavy (non-hydrogen) atoms. The van der Waals surface area contributed by atoms with Crippen molar-refractivity contribution in [3.63, 3.8) is 0 Å². The minimum atomic E-state index is 0.00662. The van der Waals surface area contributed by atoms with Crippen LogP contribution in [0.25, 0.3) is 16.9 Å². The van der Waals surface area contributed by atoms with Crippen molar-refractivity contribution in [2.24, 2.45) is 0 Å². The molecular weight excluding hydrogens is 340 g/mol. The van der Waals surface area contributed by atoms with Crippen molar-refractivity contribution < 1.29 is 9.84 Å². The van der Waals surface area contributed by atoms with Crippen molar-refractivity contribution in [3.8, 4) is 17.0 Å². The molecule has 0 atom stereocenters. The van der Waals surface area contributed by atoms with Gasteiger partial charge in [0.05, 0.1) is 25.6 Å². The molecule has 0 unspecified atom stereocenters. The van der Waals surface area contributed by atoms with Crippen LogP contribution in [-0.4, -0.2) is 26.8 Å². The Hall–Kier alpha value is -3.38. The van der Waals surface area contributed by atoms with Gasteiger partial charge < -0.3 is 15.2 Å². The van der Waals surface area contributed by atoms with Crippen molar-refractivity contribution in [2.45, 2.75) is 13.2 Å². The average molecular weight is 360 g/mol. The Bertz CT molecular complexity index is 1060. The highest BCUT2D eigenvalue weighted by molar-refractivity contribution is 5.64. The lowest BCUT2D eigenvalue weighted by Crippen LogP contribution is -2.04. The van der Waals surface area contributed by atoms with Crippen LogP contribution in [0.5, 0.6) is 5.75 Å². The molecule has 0 fully saturated rings. The topological polar surface area (TPSA) is 71.7 Å². The van der Waals surface area contributed by atoms with Gasteiger partial charge in [-0.25, -0.2) is 9.50 Å². The number of methoxy groups -OCH3 is 1. The maximum absolute atomic E-state index is 9.37. The van der Waals surface area contributed by atoms with Crippen molar-refractivity contribution in [2.75, 3.05) is 12.4 Å². The minimum Gasteiger partial charge on any atom is -0.497 e. The number of ether oxygens (including phenoxy) is 1. The fraction of sp³-hybridized carbons (Fsp3) is 0.143. The monoisotopic (exact) mass is 360 g/mol. The second kappa shape index (κ2) is 7.47. The molecule has 2 heterocycles. The van der Waals surface area contributed by atoms with Gasteiger partial charge >= 0.3 is 0 Å². The van der Waals surface area contributed by atoms with Crippen LogP contribution in [0.3, 0.4) is 0 Å². The number of anilines is 1. The highest BCUT2D eigenvalue weighted by Crippen LogP contribution is 2.22. The Kier molecular flexibility index (Phi) is 4.72. The molecule has 0 aliphatic heterocycles. The summed E-state index contributed by atoms with van der Waals surface area (Å²) in [6, 6.07) is 19.5. The number of fused-ring (bicyclic) bond motifs is 1. The van der Waals surface area contributed by atoms with E-state index in [1.807, 2.05) is 65.2 Å². The van der Waals surface area contributed by atoms with Crippen LogP contribution < -0.4 is 10.1 Å². The van der Waals surface area contributed by atoms with E-state index in [0.717, 1.165) is 39.6 Å². The number of rotatable bonds is 6. The van der Waals surface area contributed by atoms with Crippen molar-refractivity contribution in [1.29, 1.82) is 0 Å². The smallest absolute Gasteiger partial charge is 0.154 e. The summed E-state index contributed by atoms with van der Waals surface area (Å²) in [5, 5.41) is 17.4. The first kappa shape index (κ1) is 17.1. The number of nitrogens with zero attached hydrogens (tertiary/aromatic N) is 3.